The standard InChI is InChI=1S/C24H26F3N2O/c1-3-28-9-5-7-15-11-17-21(13-19(15)28)30-22-14-20-16(8-6-10-29(20)4-2)12-18(22)23(17)24(25,26)27/h11-14H,3-10H2,1-2H3/q+1. The van der Waals surface area contributed by atoms with Crippen molar-refractivity contribution in [2.75, 3.05) is 31.1 Å². The quantitative estimate of drug-likeness (QED) is 0.694. The summed E-state index contributed by atoms with van der Waals surface area (Å²) in [6.07, 6.45) is -0.939. The Morgan fingerprint density at radius 3 is 2.53 bits per heavy atom. The smallest absolute Gasteiger partial charge is 0.417 e. The number of hydrogen-bond donors (Lipinski definition) is 0. The van der Waals surface area contributed by atoms with E-state index in [1.165, 1.54) is 0 Å². The zero-order valence-corrected chi connectivity index (χ0v) is 17.4. The fraction of sp³-hybridized carbons (Fsp3) is 0.458. The van der Waals surface area contributed by atoms with Crippen LogP contribution in [0.3, 0.4) is 0 Å². The van der Waals surface area contributed by atoms with E-state index < -0.39 is 11.7 Å². The van der Waals surface area contributed by atoms with E-state index >= 15 is 0 Å². The van der Waals surface area contributed by atoms with Crippen molar-refractivity contribution in [3.05, 3.63) is 51.5 Å². The highest BCUT2D eigenvalue weighted by Gasteiger charge is 2.41. The molecule has 3 heterocycles. The first-order valence-corrected chi connectivity index (χ1v) is 10.9. The fourth-order valence-corrected chi connectivity index (χ4v) is 5.16. The molecule has 0 aromatic heterocycles. The van der Waals surface area contributed by atoms with E-state index in [4.69, 9.17) is 4.74 Å². The van der Waals surface area contributed by atoms with E-state index in [1.807, 2.05) is 12.1 Å². The van der Waals surface area contributed by atoms with Crippen molar-refractivity contribution in [1.29, 1.82) is 0 Å². The van der Waals surface area contributed by atoms with Gasteiger partial charge >= 0.3 is 6.18 Å². The summed E-state index contributed by atoms with van der Waals surface area (Å²) in [6.45, 7) is 7.66. The molecule has 30 heavy (non-hydrogen) atoms. The Morgan fingerprint density at radius 1 is 1.00 bits per heavy atom. The van der Waals surface area contributed by atoms with E-state index in [0.717, 1.165) is 74.0 Å². The number of anilines is 1. The number of fused-ring (bicyclic) bond motifs is 4. The molecule has 0 saturated heterocycles. The van der Waals surface area contributed by atoms with Gasteiger partial charge in [0.05, 0.1) is 11.6 Å². The molecule has 158 valence electrons. The van der Waals surface area contributed by atoms with Crippen molar-refractivity contribution in [3.63, 3.8) is 0 Å². The molecular weight excluding hydrogens is 389 g/mol. The van der Waals surface area contributed by atoms with Gasteiger partial charge < -0.3 is 9.64 Å². The van der Waals surface area contributed by atoms with E-state index in [9.17, 15) is 13.2 Å². The van der Waals surface area contributed by atoms with Gasteiger partial charge in [0, 0.05) is 47.6 Å². The number of benzene rings is 2. The first-order valence-electron chi connectivity index (χ1n) is 10.9. The van der Waals surface area contributed by atoms with Crippen LogP contribution in [0, 0.1) is 0 Å². The molecule has 0 N–H and O–H groups in total. The van der Waals surface area contributed by atoms with Gasteiger partial charge in [-0.05, 0) is 50.8 Å². The van der Waals surface area contributed by atoms with Crippen LogP contribution in [-0.2, 0) is 12.8 Å². The second-order valence-corrected chi connectivity index (χ2v) is 8.30. The zero-order valence-electron chi connectivity index (χ0n) is 17.4. The summed E-state index contributed by atoms with van der Waals surface area (Å²) in [5.41, 5.74) is 2.57. The maximum Gasteiger partial charge on any atom is 0.417 e. The van der Waals surface area contributed by atoms with Crippen LogP contribution < -0.4 is 24.8 Å². The zero-order chi connectivity index (χ0) is 21.0. The van der Waals surface area contributed by atoms with E-state index in [1.54, 1.807) is 12.1 Å². The normalized spacial score (nSPS) is 17.7. The van der Waals surface area contributed by atoms with Crippen LogP contribution >= 0.6 is 0 Å². The summed E-state index contributed by atoms with van der Waals surface area (Å²) < 4.78 is 51.4. The lowest BCUT2D eigenvalue weighted by Crippen LogP contribution is -2.39. The summed E-state index contributed by atoms with van der Waals surface area (Å²) in [4.78, 5) is 2.22. The average molecular weight is 415 g/mol. The van der Waals surface area contributed by atoms with Crippen molar-refractivity contribution in [3.8, 4) is 11.5 Å². The van der Waals surface area contributed by atoms with Crippen LogP contribution in [0.1, 0.15) is 43.4 Å². The minimum atomic E-state index is -4.45. The molecule has 6 heteroatoms. The number of alkyl halides is 3. The molecule has 0 bridgehead atoms. The van der Waals surface area contributed by atoms with Crippen molar-refractivity contribution in [1.82, 2.24) is 4.58 Å². The summed E-state index contributed by atoms with van der Waals surface area (Å²) in [7, 11) is 0. The second kappa shape index (κ2) is 7.03. The number of ether oxygens (including phenoxy) is 1. The van der Waals surface area contributed by atoms with Gasteiger partial charge in [0.1, 0.15) is 24.6 Å². The highest BCUT2D eigenvalue weighted by atomic mass is 19.4. The summed E-state index contributed by atoms with van der Waals surface area (Å²) in [5, 5.41) is 1.18. The fourth-order valence-electron chi connectivity index (χ4n) is 5.16. The van der Waals surface area contributed by atoms with Crippen LogP contribution in [0.2, 0.25) is 0 Å². The maximum absolute atomic E-state index is 14.3. The van der Waals surface area contributed by atoms with Gasteiger partial charge in [0.25, 0.3) is 0 Å². The Kier molecular flexibility index (Phi) is 4.56. The number of rotatable bonds is 2. The van der Waals surface area contributed by atoms with E-state index in [2.05, 4.69) is 23.3 Å². The lowest BCUT2D eigenvalue weighted by atomic mass is 9.91. The molecule has 0 radical (unpaired) electrons. The highest BCUT2D eigenvalue weighted by Crippen LogP contribution is 2.44. The average Bonchev–Trinajstić information content (AvgIpc) is 2.72. The van der Waals surface area contributed by atoms with Crippen molar-refractivity contribution in [2.24, 2.45) is 0 Å². The van der Waals surface area contributed by atoms with Gasteiger partial charge in [-0.1, -0.05) is 0 Å². The summed E-state index contributed by atoms with van der Waals surface area (Å²) in [6, 6.07) is 7.07. The molecule has 3 nitrogen and oxygen atoms in total. The molecule has 0 atom stereocenters. The van der Waals surface area contributed by atoms with Crippen LogP contribution in [-0.4, -0.2) is 32.4 Å². The van der Waals surface area contributed by atoms with E-state index in [0.29, 0.717) is 11.5 Å². The molecule has 0 saturated carbocycles. The number of hydrogen-bond acceptors (Lipinski definition) is 2. The van der Waals surface area contributed by atoms with Crippen LogP contribution in [0.15, 0.2) is 24.3 Å². The van der Waals surface area contributed by atoms with Gasteiger partial charge in [-0.25, -0.2) is 4.58 Å². The first kappa shape index (κ1) is 19.5. The van der Waals surface area contributed by atoms with Crippen LogP contribution in [0.25, 0.3) is 5.57 Å². The maximum atomic E-state index is 14.3. The molecule has 5 rings (SSSR count). The van der Waals surface area contributed by atoms with Gasteiger partial charge in [-0.15, -0.1) is 0 Å². The van der Waals surface area contributed by atoms with E-state index in [-0.39, 0.29) is 10.8 Å². The molecule has 3 aliphatic heterocycles. The Bertz CT molecular complexity index is 1150. The van der Waals surface area contributed by atoms with Gasteiger partial charge in [-0.3, -0.25) is 0 Å². The molecule has 3 aliphatic rings. The molecule has 0 aliphatic carbocycles. The minimum absolute atomic E-state index is 0.176. The lowest BCUT2D eigenvalue weighted by Gasteiger charge is -2.32. The predicted molar refractivity (Wildman–Crippen MR) is 112 cm³/mol. The molecule has 0 unspecified atom stereocenters. The Hall–Kier alpha value is -2.50. The third-order valence-corrected chi connectivity index (χ3v) is 6.60. The summed E-state index contributed by atoms with van der Waals surface area (Å²) >= 11 is 0. The van der Waals surface area contributed by atoms with Gasteiger partial charge in [0.2, 0.25) is 5.36 Å². The summed E-state index contributed by atoms with van der Waals surface area (Å²) in [5.74, 6) is 0.625. The molecule has 0 amide bonds. The predicted octanol–water partition coefficient (Wildman–Crippen LogP) is 3.78. The Balaban J connectivity index is 1.82. The van der Waals surface area contributed by atoms with Crippen molar-refractivity contribution < 1.29 is 17.9 Å². The topological polar surface area (TPSA) is 15.5 Å². The van der Waals surface area contributed by atoms with Crippen molar-refractivity contribution in [2.45, 2.75) is 45.7 Å². The molecule has 0 fully saturated rings. The number of nitrogens with zero attached hydrogens (tertiary/aromatic N) is 2. The second-order valence-electron chi connectivity index (χ2n) is 8.30. The Labute approximate surface area is 174 Å². The third kappa shape index (κ3) is 2.99. The third-order valence-electron chi connectivity index (χ3n) is 6.60. The molecule has 2 aromatic carbocycles. The number of aryl methyl sites for hydroxylation is 2. The molecular formula is C24H26F3N2O+. The van der Waals surface area contributed by atoms with Crippen LogP contribution in [0.4, 0.5) is 18.9 Å². The van der Waals surface area contributed by atoms with Gasteiger partial charge in [0.15, 0.2) is 0 Å². The molecule has 2 aromatic rings. The monoisotopic (exact) mass is 415 g/mol. The first-order chi connectivity index (χ1) is 14.4. The van der Waals surface area contributed by atoms with Crippen molar-refractivity contribution >= 4 is 11.3 Å². The SMILES string of the molecule is CCN1CCCc2cc3c(cc21)Oc1cc2c(cc1=C3C(F)(F)F)CCC[N+]=2CC. The Morgan fingerprint density at radius 2 is 1.80 bits per heavy atom. The lowest BCUT2D eigenvalue weighted by molar-refractivity contribution is -0.0698. The highest BCUT2D eigenvalue weighted by molar-refractivity contribution is 5.80. The van der Waals surface area contributed by atoms with Crippen LogP contribution in [0.5, 0.6) is 11.5 Å². The largest absolute Gasteiger partial charge is 0.456 e. The molecule has 0 spiro atoms. The number of halogens is 3. The minimum Gasteiger partial charge on any atom is -0.456 e. The van der Waals surface area contributed by atoms with Gasteiger partial charge in [-0.2, -0.15) is 13.2 Å².